The number of halogens is 5. The van der Waals surface area contributed by atoms with Crippen molar-refractivity contribution in [2.75, 3.05) is 24.6 Å². The van der Waals surface area contributed by atoms with Gasteiger partial charge in [-0.05, 0) is 79.5 Å². The number of amides is 1. The molecule has 4 aliphatic heterocycles. The summed E-state index contributed by atoms with van der Waals surface area (Å²) in [6.07, 6.45) is 4.45. The first kappa shape index (κ1) is 39.7. The quantitative estimate of drug-likeness (QED) is 0.149. The monoisotopic (exact) mass is 873 g/mol. The van der Waals surface area contributed by atoms with Crippen molar-refractivity contribution in [3.8, 4) is 17.2 Å². The Hall–Kier alpha value is -4.45. The predicted molar refractivity (Wildman–Crippen MR) is 223 cm³/mol. The summed E-state index contributed by atoms with van der Waals surface area (Å²) in [7, 11) is -3.33. The van der Waals surface area contributed by atoms with Gasteiger partial charge in [-0.1, -0.05) is 47.5 Å². The number of carbonyl (C=O) groups is 1. The van der Waals surface area contributed by atoms with Crippen LogP contribution in [0.5, 0.6) is 0 Å². The van der Waals surface area contributed by atoms with Crippen LogP contribution in [0.2, 0.25) is 10.0 Å². The summed E-state index contributed by atoms with van der Waals surface area (Å²) in [6, 6.07) is 14.3. The zero-order chi connectivity index (χ0) is 41.6. The Morgan fingerprint density at radius 3 is 2.52 bits per heavy atom. The molecule has 11 rings (SSSR count). The van der Waals surface area contributed by atoms with Gasteiger partial charge in [-0.2, -0.15) is 5.26 Å². The van der Waals surface area contributed by atoms with Crippen LogP contribution >= 0.6 is 23.2 Å². The van der Waals surface area contributed by atoms with Crippen LogP contribution in [0.25, 0.3) is 38.5 Å². The third-order valence-electron chi connectivity index (χ3n) is 13.2. The van der Waals surface area contributed by atoms with Gasteiger partial charge in [0.05, 0.1) is 63.6 Å². The van der Waals surface area contributed by atoms with E-state index >= 15 is 4.39 Å². The summed E-state index contributed by atoms with van der Waals surface area (Å²) in [6.45, 7) is 0.696. The first-order chi connectivity index (χ1) is 28.9. The molecule has 0 radical (unpaired) electrons. The first-order valence-corrected chi connectivity index (χ1v) is 23.0. The molecule has 2 aliphatic carbocycles. The molecule has 5 aromatic rings. The summed E-state index contributed by atoms with van der Waals surface area (Å²) in [5.74, 6) is -2.21. The lowest BCUT2D eigenvalue weighted by molar-refractivity contribution is -0.134. The van der Waals surface area contributed by atoms with Crippen LogP contribution in [0.4, 0.5) is 13.2 Å². The van der Waals surface area contributed by atoms with E-state index in [0.29, 0.717) is 45.1 Å². The van der Waals surface area contributed by atoms with Crippen molar-refractivity contribution in [2.24, 2.45) is 11.8 Å². The number of nitrogens with zero attached hydrogens (tertiary/aromatic N) is 4. The number of hydrogen-bond acceptors (Lipinski definition) is 7. The van der Waals surface area contributed by atoms with Crippen molar-refractivity contribution >= 4 is 66.3 Å². The van der Waals surface area contributed by atoms with Crippen LogP contribution in [-0.4, -0.2) is 65.5 Å². The lowest BCUT2D eigenvalue weighted by atomic mass is 9.79. The molecule has 15 heteroatoms. The normalized spacial score (nSPS) is 24.5. The van der Waals surface area contributed by atoms with Crippen molar-refractivity contribution in [1.82, 2.24) is 19.8 Å². The average molecular weight is 875 g/mol. The number of fused-ring (bicyclic) bond motifs is 4. The Morgan fingerprint density at radius 2 is 1.83 bits per heavy atom. The molecule has 0 spiro atoms. The number of carbonyl (C=O) groups excluding carboxylic acids is 1. The smallest absolute Gasteiger partial charge is 0.226 e. The van der Waals surface area contributed by atoms with E-state index in [0.717, 1.165) is 31.5 Å². The second-order valence-electron chi connectivity index (χ2n) is 16.8. The molecule has 2 aromatic heterocycles. The highest BCUT2D eigenvalue weighted by atomic mass is 35.5. The zero-order valence-electron chi connectivity index (χ0n) is 32.4. The standard InChI is InChI=1S/C45H40Cl2F3N5O4S/c46-32-6-1-5-28(39(32)47)38-25(4-3-13-51)16-29-42(40(38)50)53-41(23-11-14-60(57,58)15-12-23)30-19-37(55(44(29)30)43-26-17-35(43)52-20-26)36-18-27(21-54(36)45(56)24-9-10-24)59-22-31-33(48)7-2-8-34(31)49/h1-2,5-8,11,16,19,24,26-27,35-36,43,52H,3-4,9-10,12,14-15,17-18,20-22H2/t26-,27+,35-,36-,43+/m1/s1. The van der Waals surface area contributed by atoms with Crippen molar-refractivity contribution in [2.45, 2.75) is 75.8 Å². The molecule has 2 saturated carbocycles. The zero-order valence-corrected chi connectivity index (χ0v) is 34.7. The fourth-order valence-corrected chi connectivity index (χ4v) is 11.5. The Bertz CT molecular complexity index is 2790. The van der Waals surface area contributed by atoms with Crippen LogP contribution in [-0.2, 0) is 32.4 Å². The number of nitriles is 1. The van der Waals surface area contributed by atoms with Crippen molar-refractivity contribution < 1.29 is 31.1 Å². The maximum Gasteiger partial charge on any atom is 0.226 e. The van der Waals surface area contributed by atoms with Gasteiger partial charge in [0.2, 0.25) is 5.91 Å². The number of pyridine rings is 1. The Morgan fingerprint density at radius 1 is 1.05 bits per heavy atom. The van der Waals surface area contributed by atoms with Crippen LogP contribution in [0, 0.1) is 40.6 Å². The molecular formula is C45H40Cl2F3N5O4S. The third kappa shape index (κ3) is 6.70. The molecular weight excluding hydrogens is 834 g/mol. The molecule has 5 atom stereocenters. The number of aromatic nitrogens is 2. The van der Waals surface area contributed by atoms with E-state index in [2.05, 4.69) is 16.0 Å². The molecule has 1 N–H and O–H groups in total. The Balaban J connectivity index is 1.22. The molecule has 5 fully saturated rings. The van der Waals surface area contributed by atoms with Crippen LogP contribution in [0.1, 0.15) is 73.1 Å². The molecule has 310 valence electrons. The van der Waals surface area contributed by atoms with Gasteiger partial charge in [0.1, 0.15) is 17.2 Å². The highest BCUT2D eigenvalue weighted by Crippen LogP contribution is 2.52. The molecule has 60 heavy (non-hydrogen) atoms. The number of nitrogens with one attached hydrogen (secondary N) is 1. The van der Waals surface area contributed by atoms with Crippen LogP contribution in [0.15, 0.2) is 54.6 Å². The lowest BCUT2D eigenvalue weighted by Gasteiger charge is -2.39. The van der Waals surface area contributed by atoms with Crippen molar-refractivity contribution in [3.63, 3.8) is 0 Å². The minimum absolute atomic E-state index is 0.00837. The second-order valence-corrected chi connectivity index (χ2v) is 19.8. The van der Waals surface area contributed by atoms with Gasteiger partial charge in [-0.15, -0.1) is 0 Å². The van der Waals surface area contributed by atoms with Crippen LogP contribution < -0.4 is 5.32 Å². The molecule has 0 unspecified atom stereocenters. The van der Waals surface area contributed by atoms with E-state index in [1.165, 1.54) is 18.2 Å². The minimum Gasteiger partial charge on any atom is -0.371 e. The number of sulfone groups is 1. The molecule has 1 amide bonds. The predicted octanol–water partition coefficient (Wildman–Crippen LogP) is 9.04. The number of rotatable bonds is 10. The second kappa shape index (κ2) is 15.2. The SMILES string of the molecule is N#CCCc1cc2c(nc(C3=CCS(=O)(=O)CC3)c3cc([C@H]4C[C@H](OCc5c(F)cccc5F)CN4C(=O)C4CC4)n([C@H]4[C@H]5CN[C@@H]4C5)c32)c(F)c1-c1cccc(Cl)c1Cl. The van der Waals surface area contributed by atoms with Crippen molar-refractivity contribution in [1.29, 1.82) is 5.26 Å². The van der Waals surface area contributed by atoms with E-state index < -0.39 is 39.4 Å². The molecule has 6 aliphatic rings. The maximum absolute atomic E-state index is 17.7. The number of allylic oxidation sites excluding steroid dienone is 1. The average Bonchev–Trinajstić information content (AvgIpc) is 3.50. The van der Waals surface area contributed by atoms with Gasteiger partial charge in [0.15, 0.2) is 15.7 Å². The van der Waals surface area contributed by atoms with Gasteiger partial charge >= 0.3 is 0 Å². The van der Waals surface area contributed by atoms with Gasteiger partial charge in [0, 0.05) is 71.0 Å². The Labute approximate surface area is 355 Å². The summed E-state index contributed by atoms with van der Waals surface area (Å²) >= 11 is 13.2. The number of aryl methyl sites for hydroxylation is 1. The van der Waals surface area contributed by atoms with Crippen LogP contribution in [0.3, 0.4) is 0 Å². The molecule has 9 nitrogen and oxygen atoms in total. The lowest BCUT2D eigenvalue weighted by Crippen LogP contribution is -2.41. The van der Waals surface area contributed by atoms with Gasteiger partial charge in [0.25, 0.3) is 0 Å². The number of ether oxygens (including phenoxy) is 1. The largest absolute Gasteiger partial charge is 0.371 e. The van der Waals surface area contributed by atoms with E-state index in [1.807, 2.05) is 17.0 Å². The summed E-state index contributed by atoms with van der Waals surface area (Å²) in [4.78, 5) is 21.1. The minimum atomic E-state index is -3.33. The third-order valence-corrected chi connectivity index (χ3v) is 15.5. The molecule has 6 heterocycles. The summed E-state index contributed by atoms with van der Waals surface area (Å²) in [5, 5.41) is 15.0. The van der Waals surface area contributed by atoms with Gasteiger partial charge in [-0.25, -0.2) is 26.6 Å². The fraction of sp³-hybridized carbons (Fsp3) is 0.400. The highest BCUT2D eigenvalue weighted by Gasteiger charge is 2.51. The molecule has 3 aromatic carbocycles. The topological polar surface area (TPSA) is 117 Å². The number of hydrogen-bond donors (Lipinski definition) is 1. The van der Waals surface area contributed by atoms with Gasteiger partial charge < -0.3 is 19.5 Å². The van der Waals surface area contributed by atoms with Crippen molar-refractivity contribution in [3.05, 3.63) is 105 Å². The van der Waals surface area contributed by atoms with E-state index in [9.17, 15) is 27.3 Å². The number of benzene rings is 3. The maximum atomic E-state index is 17.7. The van der Waals surface area contributed by atoms with E-state index in [1.54, 1.807) is 24.3 Å². The van der Waals surface area contributed by atoms with Gasteiger partial charge in [-0.3, -0.25) is 4.79 Å². The highest BCUT2D eigenvalue weighted by molar-refractivity contribution is 7.91. The van der Waals surface area contributed by atoms with E-state index in [4.69, 9.17) is 32.9 Å². The summed E-state index contributed by atoms with van der Waals surface area (Å²) in [5.41, 5.74) is 3.65. The molecule has 3 saturated heterocycles. The first-order valence-electron chi connectivity index (χ1n) is 20.4. The van der Waals surface area contributed by atoms with E-state index in [-0.39, 0.29) is 100 Å². The summed E-state index contributed by atoms with van der Waals surface area (Å²) < 4.78 is 81.1. The fourth-order valence-electron chi connectivity index (χ4n) is 9.96. The number of likely N-dealkylation sites (tertiary alicyclic amines) is 1. The Kier molecular flexibility index (Phi) is 10.0. The molecule has 2 bridgehead atoms.